The molecule has 3 heteroatoms. The lowest BCUT2D eigenvalue weighted by atomic mass is 10.0. The Morgan fingerprint density at radius 3 is 2.56 bits per heavy atom. The molecule has 0 unspecified atom stereocenters. The van der Waals surface area contributed by atoms with Crippen LogP contribution in [0, 0.1) is 0 Å². The molecule has 1 aliphatic heterocycles. The minimum atomic E-state index is -1.65. The first-order valence-corrected chi connectivity index (χ1v) is 4.84. The predicted octanol–water partition coefficient (Wildman–Crippen LogP) is 1.49. The third-order valence-electron chi connectivity index (χ3n) is 1.55. The first-order valence-electron chi connectivity index (χ1n) is 3.32. The van der Waals surface area contributed by atoms with Crippen LogP contribution in [0.15, 0.2) is 0 Å². The zero-order valence-electron chi connectivity index (χ0n) is 5.94. The molecule has 0 amide bonds. The van der Waals surface area contributed by atoms with Crippen LogP contribution in [0.4, 0.5) is 0 Å². The van der Waals surface area contributed by atoms with E-state index in [-0.39, 0.29) is 5.60 Å². The molecule has 0 N–H and O–H groups in total. The molecule has 0 aromatic rings. The van der Waals surface area contributed by atoms with Crippen LogP contribution in [0.5, 0.6) is 0 Å². The third kappa shape index (κ3) is 1.89. The lowest BCUT2D eigenvalue weighted by Gasteiger charge is -2.29. The molecule has 0 spiro atoms. The maximum atomic E-state index is 10.8. The van der Waals surface area contributed by atoms with Gasteiger partial charge in [-0.2, -0.15) is 0 Å². The van der Waals surface area contributed by atoms with Crippen molar-refractivity contribution in [2.24, 2.45) is 0 Å². The second-order valence-corrected chi connectivity index (χ2v) is 4.54. The highest BCUT2D eigenvalue weighted by Crippen LogP contribution is 2.23. The van der Waals surface area contributed by atoms with Crippen LogP contribution in [0.3, 0.4) is 0 Å². The summed E-state index contributed by atoms with van der Waals surface area (Å²) in [4.78, 5) is 0. The summed E-state index contributed by atoms with van der Waals surface area (Å²) in [5.41, 5.74) is -0.117. The number of rotatable bonds is 0. The Morgan fingerprint density at radius 1 is 1.56 bits per heavy atom. The van der Waals surface area contributed by atoms with Crippen molar-refractivity contribution in [1.29, 1.82) is 0 Å². The van der Waals surface area contributed by atoms with Gasteiger partial charge in [0, 0.05) is 6.04 Å². The van der Waals surface area contributed by atoms with Gasteiger partial charge in [0.05, 0.1) is 5.60 Å². The summed E-state index contributed by atoms with van der Waals surface area (Å²) >= 11 is 0. The molecule has 0 aromatic heterocycles. The van der Waals surface area contributed by atoms with Crippen molar-refractivity contribution >= 4 is 8.93 Å². The van der Waals surface area contributed by atoms with E-state index in [0.29, 0.717) is 0 Å². The van der Waals surface area contributed by atoms with Crippen LogP contribution in [-0.2, 0) is 8.89 Å². The minimum Gasteiger partial charge on any atom is -0.519 e. The van der Waals surface area contributed by atoms with E-state index in [4.69, 9.17) is 4.43 Å². The fourth-order valence-corrected chi connectivity index (χ4v) is 2.35. The Labute approximate surface area is 57.0 Å². The van der Waals surface area contributed by atoms with Crippen molar-refractivity contribution in [3.8, 4) is 0 Å². The molecule has 0 bridgehead atoms. The Hall–Kier alpha value is -0.183. The third-order valence-corrected chi connectivity index (χ3v) is 3.09. The molecular weight excluding hydrogens is 132 g/mol. The maximum absolute atomic E-state index is 10.8. The van der Waals surface area contributed by atoms with Crippen LogP contribution in [0.2, 0.25) is 6.04 Å². The Bertz CT molecular complexity index is 131. The van der Waals surface area contributed by atoms with Crippen LogP contribution in [-0.4, -0.2) is 14.5 Å². The molecule has 0 radical (unpaired) electrons. The average molecular weight is 144 g/mol. The van der Waals surface area contributed by atoms with Crippen molar-refractivity contribution < 1.29 is 8.89 Å². The topological polar surface area (TPSA) is 26.3 Å². The molecular formula is C6H12O2Si. The summed E-state index contributed by atoms with van der Waals surface area (Å²) in [6.07, 6.45) is 2.11. The van der Waals surface area contributed by atoms with Gasteiger partial charge in [0.2, 0.25) is 0 Å². The van der Waals surface area contributed by atoms with E-state index in [1.807, 2.05) is 13.8 Å². The fourth-order valence-electron chi connectivity index (χ4n) is 1.07. The van der Waals surface area contributed by atoms with Gasteiger partial charge in [-0.15, -0.1) is 0 Å². The van der Waals surface area contributed by atoms with Crippen molar-refractivity contribution in [1.82, 2.24) is 0 Å². The molecule has 1 rings (SSSR count). The lowest BCUT2D eigenvalue weighted by molar-refractivity contribution is 0.0711. The molecule has 0 aromatic carbocycles. The standard InChI is InChI=1S/C6H12O2Si/c1-6(2)4-3-5-9(7)8-6/h3-5H2,1-2H3. The van der Waals surface area contributed by atoms with Crippen molar-refractivity contribution in [2.45, 2.75) is 38.3 Å². The monoisotopic (exact) mass is 144 g/mol. The molecule has 1 heterocycles. The van der Waals surface area contributed by atoms with Crippen LogP contribution >= 0.6 is 0 Å². The number of hydrogen-bond donors (Lipinski definition) is 0. The van der Waals surface area contributed by atoms with E-state index in [1.165, 1.54) is 0 Å². The van der Waals surface area contributed by atoms with E-state index in [9.17, 15) is 4.46 Å². The van der Waals surface area contributed by atoms with Gasteiger partial charge in [0.25, 0.3) is 0 Å². The van der Waals surface area contributed by atoms with Gasteiger partial charge in [-0.1, -0.05) is 0 Å². The van der Waals surface area contributed by atoms with Gasteiger partial charge in [-0.3, -0.25) is 0 Å². The van der Waals surface area contributed by atoms with Gasteiger partial charge in [0.1, 0.15) is 0 Å². The fraction of sp³-hybridized carbons (Fsp3) is 1.00. The normalized spacial score (nSPS) is 25.3. The number of hydrogen-bond acceptors (Lipinski definition) is 2. The highest BCUT2D eigenvalue weighted by atomic mass is 28.3. The second kappa shape index (κ2) is 2.21. The van der Waals surface area contributed by atoms with Gasteiger partial charge >= 0.3 is 8.93 Å². The molecule has 2 nitrogen and oxygen atoms in total. The summed E-state index contributed by atoms with van der Waals surface area (Å²) in [7, 11) is -1.65. The molecule has 0 aliphatic carbocycles. The van der Waals surface area contributed by atoms with Crippen molar-refractivity contribution in [3.05, 3.63) is 0 Å². The second-order valence-electron chi connectivity index (χ2n) is 3.09. The van der Waals surface area contributed by atoms with Crippen LogP contribution in [0.25, 0.3) is 0 Å². The molecule has 52 valence electrons. The smallest absolute Gasteiger partial charge is 0.502 e. The highest BCUT2D eigenvalue weighted by Gasteiger charge is 2.28. The Balaban J connectivity index is 2.51. The van der Waals surface area contributed by atoms with E-state index in [1.54, 1.807) is 0 Å². The molecule has 1 fully saturated rings. The minimum absolute atomic E-state index is 0.117. The zero-order chi connectivity index (χ0) is 6.91. The maximum Gasteiger partial charge on any atom is 0.502 e. The summed E-state index contributed by atoms with van der Waals surface area (Å²) in [5, 5.41) is 0. The largest absolute Gasteiger partial charge is 0.519 e. The first-order chi connectivity index (χ1) is 4.10. The van der Waals surface area contributed by atoms with Gasteiger partial charge < -0.3 is 8.89 Å². The Kier molecular flexibility index (Phi) is 1.70. The Morgan fingerprint density at radius 2 is 2.22 bits per heavy atom. The SMILES string of the molecule is CC1(C)CCC[Si](=O)O1. The van der Waals surface area contributed by atoms with E-state index in [0.717, 1.165) is 18.9 Å². The predicted molar refractivity (Wildman–Crippen MR) is 35.6 cm³/mol. The quantitative estimate of drug-likeness (QED) is 0.481. The molecule has 1 saturated heterocycles. The molecule has 1 aliphatic rings. The summed E-state index contributed by atoms with van der Waals surface area (Å²) in [6, 6.07) is 0.786. The highest BCUT2D eigenvalue weighted by molar-refractivity contribution is 6.35. The van der Waals surface area contributed by atoms with Gasteiger partial charge in [-0.05, 0) is 26.7 Å². The first kappa shape index (κ1) is 6.93. The summed E-state index contributed by atoms with van der Waals surface area (Å²) in [6.45, 7) is 3.99. The van der Waals surface area contributed by atoms with Crippen molar-refractivity contribution in [3.63, 3.8) is 0 Å². The van der Waals surface area contributed by atoms with E-state index >= 15 is 0 Å². The average Bonchev–Trinajstić information content (AvgIpc) is 1.60. The zero-order valence-corrected chi connectivity index (χ0v) is 6.94. The summed E-state index contributed by atoms with van der Waals surface area (Å²) in [5.74, 6) is 0. The summed E-state index contributed by atoms with van der Waals surface area (Å²) < 4.78 is 16.1. The van der Waals surface area contributed by atoms with Crippen LogP contribution in [0.1, 0.15) is 26.7 Å². The van der Waals surface area contributed by atoms with Gasteiger partial charge in [-0.25, -0.2) is 0 Å². The van der Waals surface area contributed by atoms with E-state index < -0.39 is 8.93 Å². The lowest BCUT2D eigenvalue weighted by Crippen LogP contribution is -2.33. The van der Waals surface area contributed by atoms with Crippen LogP contribution < -0.4 is 0 Å². The van der Waals surface area contributed by atoms with E-state index in [2.05, 4.69) is 0 Å². The van der Waals surface area contributed by atoms with Crippen molar-refractivity contribution in [2.75, 3.05) is 0 Å². The molecule has 0 saturated carbocycles. The molecule has 9 heavy (non-hydrogen) atoms. The van der Waals surface area contributed by atoms with Gasteiger partial charge in [0.15, 0.2) is 0 Å². The molecule has 0 atom stereocenters.